The number of hydrogen-bond donors (Lipinski definition) is 4. The monoisotopic (exact) mass is 1090 g/mol. The molecule has 4 aromatic heterocycles. The van der Waals surface area contributed by atoms with Crippen molar-refractivity contribution in [3.63, 3.8) is 0 Å². The number of fused-ring (bicyclic) bond motifs is 2. The van der Waals surface area contributed by atoms with E-state index in [0.29, 0.717) is 73.1 Å². The fourth-order valence-corrected chi connectivity index (χ4v) is 9.43. The Bertz CT molecular complexity index is 3680. The van der Waals surface area contributed by atoms with Crippen LogP contribution >= 0.6 is 46.4 Å². The molecule has 384 valence electrons. The van der Waals surface area contributed by atoms with Crippen molar-refractivity contribution in [2.75, 3.05) is 33.0 Å². The normalized spacial score (nSPS) is 15.5. The number of nitrogens with one attached hydrogen (secondary N) is 1. The fourth-order valence-electron chi connectivity index (χ4n) is 8.74. The number of carbonyl (C=O) groups is 2. The molecule has 24 heteroatoms. The molecule has 0 bridgehead atoms. The van der Waals surface area contributed by atoms with E-state index in [-0.39, 0.29) is 41.7 Å². The zero-order valence-electron chi connectivity index (χ0n) is 39.1. The van der Waals surface area contributed by atoms with Crippen LogP contribution in [0.2, 0.25) is 20.1 Å². The molecule has 8 aromatic rings. The summed E-state index contributed by atoms with van der Waals surface area (Å²) in [4.78, 5) is 87.5. The van der Waals surface area contributed by atoms with Gasteiger partial charge < -0.3 is 30.8 Å². The van der Waals surface area contributed by atoms with Gasteiger partial charge in [0.25, 0.3) is 11.1 Å². The maximum atomic E-state index is 13.7. The molecule has 0 unspecified atom stereocenters. The second-order valence-electron chi connectivity index (χ2n) is 17.8. The number of aromatic amines is 1. The summed E-state index contributed by atoms with van der Waals surface area (Å²) in [6.07, 6.45) is 2.80. The molecule has 2 amide bonds. The van der Waals surface area contributed by atoms with Crippen LogP contribution in [0.25, 0.3) is 56.5 Å². The van der Waals surface area contributed by atoms with E-state index >= 15 is 0 Å². The number of H-pyrrole nitrogens is 1. The first kappa shape index (κ1) is 52.0. The number of nitrogens with two attached hydrogens (primary N) is 2. The van der Waals surface area contributed by atoms with Crippen LogP contribution in [0.5, 0.6) is 0 Å². The smallest absolute Gasteiger partial charge is 0.333 e. The Morgan fingerprint density at radius 2 is 1.08 bits per heavy atom. The minimum absolute atomic E-state index is 0.0220. The highest BCUT2D eigenvalue weighted by molar-refractivity contribution is 6.33. The Balaban J connectivity index is 0.000000160. The molecule has 0 radical (unpaired) electrons. The zero-order chi connectivity index (χ0) is 52.5. The van der Waals surface area contributed by atoms with E-state index in [1.807, 2.05) is 0 Å². The molecule has 3 aliphatic rings. The fraction of sp³-hybridized carbons (Fsp3) is 0.280. The van der Waals surface area contributed by atoms with Gasteiger partial charge in [-0.2, -0.15) is 0 Å². The van der Waals surface area contributed by atoms with Crippen molar-refractivity contribution in [1.29, 1.82) is 0 Å². The summed E-state index contributed by atoms with van der Waals surface area (Å²) in [7, 11) is 0. The Kier molecular flexibility index (Phi) is 15.1. The number of benzene rings is 4. The molecule has 1 spiro atoms. The van der Waals surface area contributed by atoms with Gasteiger partial charge in [-0.3, -0.25) is 37.9 Å². The second kappa shape index (κ2) is 21.5. The molecular formula is C50H46Cl4N10O10. The second-order valence-corrected chi connectivity index (χ2v) is 19.4. The number of ether oxygens (including phenoxy) is 3. The standard InChI is InChI=1S/C25H23Cl2N5O5.C19H13Cl2N5O3.C6H10O2/c26-15-5-7-16(8-6-15)32-20-22(29-21(32)17-3-1-2-4-18(17)27)31(14-25(36)9-11-37-12-10-25)24(35)30(23(20)34)13-19(28)33;20-10-5-7-11(8-6-10)26-15-16(23-17(26)12-3-1-2-4-13(12)21)24-19(29)25(18(15)28)9-14(22)27;1-3-7-4-2-6(1)5-8-6/h1-8,36H,9-14H2,(H2,28,33);1-8H,9H2,(H2,22,27)(H,24,29);1-5H2. The number of aromatic nitrogens is 8. The van der Waals surface area contributed by atoms with Gasteiger partial charge in [-0.25, -0.2) is 28.7 Å². The lowest BCUT2D eigenvalue weighted by atomic mass is 9.94. The van der Waals surface area contributed by atoms with Gasteiger partial charge in [-0.15, -0.1) is 0 Å². The van der Waals surface area contributed by atoms with Crippen LogP contribution in [0, 0.1) is 0 Å². The first-order valence-electron chi connectivity index (χ1n) is 23.1. The molecule has 0 aliphatic carbocycles. The number of epoxide rings is 1. The maximum absolute atomic E-state index is 13.7. The van der Waals surface area contributed by atoms with Crippen LogP contribution in [0.15, 0.2) is 116 Å². The molecule has 3 saturated heterocycles. The van der Waals surface area contributed by atoms with Crippen molar-refractivity contribution in [2.24, 2.45) is 11.5 Å². The zero-order valence-corrected chi connectivity index (χ0v) is 42.2. The molecule has 7 heterocycles. The molecular weight excluding hydrogens is 1040 g/mol. The van der Waals surface area contributed by atoms with Crippen molar-refractivity contribution in [2.45, 2.75) is 56.5 Å². The third-order valence-corrected chi connectivity index (χ3v) is 13.8. The molecule has 74 heavy (non-hydrogen) atoms. The first-order valence-corrected chi connectivity index (χ1v) is 24.6. The SMILES string of the molecule is C1CC2(CCO1)CO2.NC(=O)Cn1c(=O)[nH]c2nc(-c3ccccc3Cl)n(-c3ccc(Cl)cc3)c2c1=O.NC(=O)Cn1c(=O)c2c(nc(-c3ccccc3Cl)n2-c2ccc(Cl)cc2)n(CC2(O)CCOCC2)c1=O. The third kappa shape index (κ3) is 10.8. The third-order valence-electron chi connectivity index (χ3n) is 12.7. The molecule has 4 aromatic carbocycles. The summed E-state index contributed by atoms with van der Waals surface area (Å²) in [5.74, 6) is -1.04. The van der Waals surface area contributed by atoms with Crippen molar-refractivity contribution in [1.82, 2.24) is 37.8 Å². The summed E-state index contributed by atoms with van der Waals surface area (Å²) in [6, 6.07) is 27.4. The van der Waals surface area contributed by atoms with E-state index in [1.165, 1.54) is 4.57 Å². The number of rotatable bonds is 10. The highest BCUT2D eigenvalue weighted by Crippen LogP contribution is 2.37. The Labute approximate surface area is 439 Å². The van der Waals surface area contributed by atoms with Crippen LogP contribution in [0.3, 0.4) is 0 Å². The van der Waals surface area contributed by atoms with Crippen LogP contribution < -0.4 is 34.0 Å². The van der Waals surface area contributed by atoms with E-state index in [0.717, 1.165) is 41.8 Å². The van der Waals surface area contributed by atoms with E-state index in [2.05, 4.69) is 9.97 Å². The van der Waals surface area contributed by atoms with E-state index < -0.39 is 53.0 Å². The number of amides is 2. The van der Waals surface area contributed by atoms with Gasteiger partial charge in [-0.1, -0.05) is 70.7 Å². The lowest BCUT2D eigenvalue weighted by Gasteiger charge is -2.32. The minimum atomic E-state index is -1.28. The largest absolute Gasteiger partial charge is 0.388 e. The molecule has 20 nitrogen and oxygen atoms in total. The molecule has 6 N–H and O–H groups in total. The van der Waals surface area contributed by atoms with Gasteiger partial charge >= 0.3 is 11.4 Å². The Morgan fingerprint density at radius 3 is 1.57 bits per heavy atom. The lowest BCUT2D eigenvalue weighted by Crippen LogP contribution is -2.48. The topological polar surface area (TPSA) is 272 Å². The van der Waals surface area contributed by atoms with Gasteiger partial charge in [0.15, 0.2) is 22.3 Å². The predicted octanol–water partition coefficient (Wildman–Crippen LogP) is 5.25. The Morgan fingerprint density at radius 1 is 0.622 bits per heavy atom. The van der Waals surface area contributed by atoms with Crippen LogP contribution in [0.1, 0.15) is 25.7 Å². The average Bonchev–Trinajstić information content (AvgIpc) is 3.83. The highest BCUT2D eigenvalue weighted by Gasteiger charge is 2.45. The minimum Gasteiger partial charge on any atom is -0.388 e. The summed E-state index contributed by atoms with van der Waals surface area (Å²) < 4.78 is 21.6. The van der Waals surface area contributed by atoms with Crippen molar-refractivity contribution in [3.8, 4) is 34.2 Å². The van der Waals surface area contributed by atoms with Crippen molar-refractivity contribution in [3.05, 3.63) is 159 Å². The number of nitrogens with zero attached hydrogens (tertiary/aromatic N) is 7. The summed E-state index contributed by atoms with van der Waals surface area (Å²) >= 11 is 25.0. The summed E-state index contributed by atoms with van der Waals surface area (Å²) in [5, 5.41) is 13.0. The number of halogens is 4. The number of primary amides is 2. The summed E-state index contributed by atoms with van der Waals surface area (Å²) in [5.41, 5.74) is 8.91. The molecule has 0 saturated carbocycles. The van der Waals surface area contributed by atoms with Gasteiger partial charge in [-0.05, 0) is 72.8 Å². The maximum Gasteiger partial charge on any atom is 0.333 e. The lowest BCUT2D eigenvalue weighted by molar-refractivity contribution is -0.119. The molecule has 3 aliphatic heterocycles. The van der Waals surface area contributed by atoms with Gasteiger partial charge in [0.2, 0.25) is 11.8 Å². The molecule has 11 rings (SSSR count). The van der Waals surface area contributed by atoms with Crippen LogP contribution in [0.4, 0.5) is 0 Å². The van der Waals surface area contributed by atoms with Gasteiger partial charge in [0.05, 0.1) is 34.4 Å². The van der Waals surface area contributed by atoms with Crippen LogP contribution in [-0.2, 0) is 43.4 Å². The van der Waals surface area contributed by atoms with Crippen LogP contribution in [-0.4, -0.2) is 98.9 Å². The predicted molar refractivity (Wildman–Crippen MR) is 279 cm³/mol. The number of imidazole rings is 2. The Hall–Kier alpha value is -6.88. The quantitative estimate of drug-likeness (QED) is 0.128. The van der Waals surface area contributed by atoms with Gasteiger partial charge in [0, 0.05) is 84.7 Å². The highest BCUT2D eigenvalue weighted by atomic mass is 35.5. The van der Waals surface area contributed by atoms with Crippen molar-refractivity contribution >= 4 is 80.5 Å². The van der Waals surface area contributed by atoms with E-state index in [9.17, 15) is 33.9 Å². The van der Waals surface area contributed by atoms with Gasteiger partial charge in [0.1, 0.15) is 24.7 Å². The number of hydrogen-bond acceptors (Lipinski definition) is 12. The number of carbonyl (C=O) groups excluding carboxylic acids is 2. The van der Waals surface area contributed by atoms with E-state index in [4.69, 9.17) is 77.1 Å². The van der Waals surface area contributed by atoms with Crippen molar-refractivity contribution < 1.29 is 28.9 Å². The first-order chi connectivity index (χ1) is 35.5. The van der Waals surface area contributed by atoms with E-state index in [1.54, 1.807) is 106 Å². The summed E-state index contributed by atoms with van der Waals surface area (Å²) in [6.45, 7) is 2.07. The molecule has 0 atom stereocenters. The number of aliphatic hydroxyl groups is 1. The average molecular weight is 1090 g/mol. The molecule has 3 fully saturated rings.